The van der Waals surface area contributed by atoms with Gasteiger partial charge in [0.05, 0.1) is 15.7 Å². The van der Waals surface area contributed by atoms with Gasteiger partial charge < -0.3 is 10.2 Å². The highest BCUT2D eigenvalue weighted by atomic mass is 32.1. The van der Waals surface area contributed by atoms with Crippen molar-refractivity contribution in [3.63, 3.8) is 0 Å². The number of carbonyl (C=O) groups is 2. The summed E-state index contributed by atoms with van der Waals surface area (Å²) in [5.74, 6) is -2.13. The Morgan fingerprint density at radius 2 is 2.05 bits per heavy atom. The predicted molar refractivity (Wildman–Crippen MR) is 83.0 cm³/mol. The number of hydrogen-bond donors (Lipinski definition) is 2. The van der Waals surface area contributed by atoms with Gasteiger partial charge in [0, 0.05) is 12.0 Å². The smallest absolute Gasteiger partial charge is 0.331 e. The largest absolute Gasteiger partial charge is 0.480 e. The molecule has 0 saturated carbocycles. The van der Waals surface area contributed by atoms with Crippen LogP contribution in [0.15, 0.2) is 47.0 Å². The fourth-order valence-corrected chi connectivity index (χ4v) is 3.53. The van der Waals surface area contributed by atoms with Crippen LogP contribution in [0.4, 0.5) is 0 Å². The summed E-state index contributed by atoms with van der Waals surface area (Å²) in [5, 5.41) is 19.1. The molecule has 5 nitrogen and oxygen atoms in total. The molecule has 0 radical (unpaired) electrons. The van der Waals surface area contributed by atoms with Gasteiger partial charge in [-0.05, 0) is 24.6 Å². The topological polar surface area (TPSA) is 87.5 Å². The second kappa shape index (κ2) is 5.06. The lowest BCUT2D eigenvalue weighted by molar-refractivity contribution is -0.142. The van der Waals surface area contributed by atoms with E-state index in [1.807, 2.05) is 0 Å². The summed E-state index contributed by atoms with van der Waals surface area (Å²) in [4.78, 5) is 27.5. The van der Waals surface area contributed by atoms with Crippen molar-refractivity contribution < 1.29 is 19.8 Å². The molecule has 2 aromatic rings. The molecule has 22 heavy (non-hydrogen) atoms. The predicted octanol–water partition coefficient (Wildman–Crippen LogP) is 2.98. The van der Waals surface area contributed by atoms with Gasteiger partial charge in [-0.25, -0.2) is 9.78 Å². The first-order chi connectivity index (χ1) is 10.4. The molecule has 0 fully saturated rings. The van der Waals surface area contributed by atoms with Crippen LogP contribution in [0.25, 0.3) is 10.2 Å². The number of thiazole rings is 1. The zero-order valence-corrected chi connectivity index (χ0v) is 12.6. The highest BCUT2D eigenvalue weighted by molar-refractivity contribution is 7.16. The number of rotatable bonds is 3. The maximum Gasteiger partial charge on any atom is 0.331 e. The quantitative estimate of drug-likeness (QED) is 0.909. The number of nitrogens with zero attached hydrogens (tertiary/aromatic N) is 1. The molecule has 1 unspecified atom stereocenters. The summed E-state index contributed by atoms with van der Waals surface area (Å²) in [6, 6.07) is 5.29. The summed E-state index contributed by atoms with van der Waals surface area (Å²) < 4.78 is 0.886. The van der Waals surface area contributed by atoms with Gasteiger partial charge in [-0.15, -0.1) is 11.3 Å². The fraction of sp³-hybridized carbons (Fsp3) is 0.188. The number of carboxylic acids is 2. The molecule has 2 N–H and O–H groups in total. The molecule has 1 aromatic heterocycles. The summed E-state index contributed by atoms with van der Waals surface area (Å²) in [6.45, 7) is 1.72. The molecule has 0 aliphatic heterocycles. The van der Waals surface area contributed by atoms with Gasteiger partial charge in [-0.1, -0.05) is 23.8 Å². The lowest BCUT2D eigenvalue weighted by Crippen LogP contribution is -2.39. The average molecular weight is 315 g/mol. The van der Waals surface area contributed by atoms with Crippen LogP contribution in [0.5, 0.6) is 0 Å². The van der Waals surface area contributed by atoms with Crippen LogP contribution in [0, 0.1) is 0 Å². The van der Waals surface area contributed by atoms with Crippen molar-refractivity contribution in [1.82, 2.24) is 4.98 Å². The molecular formula is C16H13NO4S. The first-order valence-electron chi connectivity index (χ1n) is 6.63. The van der Waals surface area contributed by atoms with Crippen molar-refractivity contribution >= 4 is 33.5 Å². The number of allylic oxidation sites excluding steroid dienone is 2. The second-order valence-electron chi connectivity index (χ2n) is 5.27. The first kappa shape index (κ1) is 14.5. The van der Waals surface area contributed by atoms with Crippen LogP contribution in [-0.2, 0) is 15.0 Å². The van der Waals surface area contributed by atoms with Gasteiger partial charge in [-0.2, -0.15) is 0 Å². The molecule has 0 bridgehead atoms. The second-order valence-corrected chi connectivity index (χ2v) is 6.16. The van der Waals surface area contributed by atoms with Crippen molar-refractivity contribution in [1.29, 1.82) is 0 Å². The van der Waals surface area contributed by atoms with Crippen molar-refractivity contribution in [2.75, 3.05) is 0 Å². The van der Waals surface area contributed by atoms with E-state index in [1.165, 1.54) is 17.4 Å². The van der Waals surface area contributed by atoms with Gasteiger partial charge in [0.2, 0.25) is 0 Å². The zero-order chi connectivity index (χ0) is 15.9. The van der Waals surface area contributed by atoms with Crippen molar-refractivity contribution in [3.8, 4) is 0 Å². The number of aliphatic carboxylic acids is 2. The van der Waals surface area contributed by atoms with E-state index < -0.39 is 17.4 Å². The van der Waals surface area contributed by atoms with Gasteiger partial charge in [0.15, 0.2) is 0 Å². The molecule has 1 aliphatic rings. The molecule has 0 amide bonds. The Labute approximate surface area is 130 Å². The normalized spacial score (nSPS) is 21.3. The minimum Gasteiger partial charge on any atom is -0.480 e. The molecule has 6 heteroatoms. The Morgan fingerprint density at radius 1 is 1.27 bits per heavy atom. The number of hydrogen-bond acceptors (Lipinski definition) is 4. The Bertz CT molecular complexity index is 849. The van der Waals surface area contributed by atoms with Crippen LogP contribution in [0.3, 0.4) is 0 Å². The maximum absolute atomic E-state index is 12.1. The van der Waals surface area contributed by atoms with E-state index >= 15 is 0 Å². The van der Waals surface area contributed by atoms with Crippen LogP contribution < -0.4 is 0 Å². The highest BCUT2D eigenvalue weighted by Gasteiger charge is 2.45. The van der Waals surface area contributed by atoms with E-state index in [0.29, 0.717) is 11.1 Å². The maximum atomic E-state index is 12.1. The minimum absolute atomic E-state index is 0.0652. The molecule has 1 aliphatic carbocycles. The number of fused-ring (bicyclic) bond motifs is 1. The van der Waals surface area contributed by atoms with Gasteiger partial charge in [0.25, 0.3) is 0 Å². The van der Waals surface area contributed by atoms with E-state index in [1.54, 1.807) is 36.7 Å². The Morgan fingerprint density at radius 3 is 2.73 bits per heavy atom. The van der Waals surface area contributed by atoms with Gasteiger partial charge in [-0.3, -0.25) is 4.79 Å². The van der Waals surface area contributed by atoms with Crippen LogP contribution in [-0.4, -0.2) is 27.1 Å². The first-order valence-corrected chi connectivity index (χ1v) is 7.51. The molecular weight excluding hydrogens is 302 g/mol. The Hall–Kier alpha value is -2.47. The molecule has 1 heterocycles. The number of benzene rings is 1. The summed E-state index contributed by atoms with van der Waals surface area (Å²) in [5.41, 5.74) is 2.46. The highest BCUT2D eigenvalue weighted by Crippen LogP contribution is 2.42. The zero-order valence-electron chi connectivity index (χ0n) is 11.7. The van der Waals surface area contributed by atoms with Crippen LogP contribution in [0.1, 0.15) is 18.9 Å². The van der Waals surface area contributed by atoms with E-state index in [4.69, 9.17) is 0 Å². The molecule has 1 atom stereocenters. The summed E-state index contributed by atoms with van der Waals surface area (Å²) in [7, 11) is 0. The van der Waals surface area contributed by atoms with Gasteiger partial charge in [0.1, 0.15) is 5.41 Å². The lowest BCUT2D eigenvalue weighted by atomic mass is 9.68. The van der Waals surface area contributed by atoms with E-state index in [9.17, 15) is 19.8 Å². The van der Waals surface area contributed by atoms with Crippen LogP contribution >= 0.6 is 11.3 Å². The third kappa shape index (κ3) is 2.03. The SMILES string of the molecule is CC1=CC=C(C(=O)O)CC1(C(=O)O)c1ccc2ncsc2c1. The molecule has 0 spiro atoms. The molecule has 112 valence electrons. The van der Waals surface area contributed by atoms with Crippen molar-refractivity contribution in [3.05, 3.63) is 52.6 Å². The number of aromatic nitrogens is 1. The van der Waals surface area contributed by atoms with E-state index in [2.05, 4.69) is 4.98 Å². The standard InChI is InChI=1S/C16H13NO4S/c1-9-2-3-10(14(18)19)7-16(9,15(20)21)11-4-5-12-13(6-11)22-8-17-12/h2-6,8H,7H2,1H3,(H,18,19)(H,20,21). The molecule has 0 saturated heterocycles. The summed E-state index contributed by atoms with van der Waals surface area (Å²) in [6.07, 6.45) is 2.99. The molecule has 3 rings (SSSR count). The van der Waals surface area contributed by atoms with Crippen LogP contribution in [0.2, 0.25) is 0 Å². The monoisotopic (exact) mass is 315 g/mol. The van der Waals surface area contributed by atoms with Crippen molar-refractivity contribution in [2.24, 2.45) is 0 Å². The average Bonchev–Trinajstić information content (AvgIpc) is 2.94. The Kier molecular flexibility index (Phi) is 3.33. The van der Waals surface area contributed by atoms with E-state index in [-0.39, 0.29) is 12.0 Å². The molecule has 1 aromatic carbocycles. The minimum atomic E-state index is -1.35. The van der Waals surface area contributed by atoms with E-state index in [0.717, 1.165) is 10.2 Å². The summed E-state index contributed by atoms with van der Waals surface area (Å²) >= 11 is 1.43. The third-order valence-corrected chi connectivity index (χ3v) is 4.92. The van der Waals surface area contributed by atoms with Crippen molar-refractivity contribution in [2.45, 2.75) is 18.8 Å². The lowest BCUT2D eigenvalue weighted by Gasteiger charge is -2.33. The van der Waals surface area contributed by atoms with Gasteiger partial charge >= 0.3 is 11.9 Å². The fourth-order valence-electron chi connectivity index (χ4n) is 2.82. The Balaban J connectivity index is 2.21. The third-order valence-electron chi connectivity index (χ3n) is 4.13. The number of carboxylic acid groups (broad SMARTS) is 2.